The van der Waals surface area contributed by atoms with Crippen molar-refractivity contribution < 1.29 is 19.5 Å². The Morgan fingerprint density at radius 3 is 2.17 bits per heavy atom. The Morgan fingerprint density at radius 1 is 1.12 bits per heavy atom. The Kier molecular flexibility index (Phi) is 5.35. The number of ether oxygens (including phenoxy) is 2. The summed E-state index contributed by atoms with van der Waals surface area (Å²) >= 11 is 0. The van der Waals surface area contributed by atoms with Gasteiger partial charge in [-0.3, -0.25) is 0 Å². The van der Waals surface area contributed by atoms with Gasteiger partial charge in [-0.25, -0.2) is 4.79 Å². The number of hydrogen-bond donors (Lipinski definition) is 0. The average Bonchev–Trinajstić information content (AvgIpc) is 2.50. The summed E-state index contributed by atoms with van der Waals surface area (Å²) < 4.78 is 10.7. The summed E-state index contributed by atoms with van der Waals surface area (Å²) in [5, 5.41) is 13.4. The number of nitrogens with zero attached hydrogens (tertiary/aromatic N) is 1. The van der Waals surface area contributed by atoms with Crippen LogP contribution in [0.3, 0.4) is 0 Å². The summed E-state index contributed by atoms with van der Waals surface area (Å²) in [4.78, 5) is 12.1. The van der Waals surface area contributed by atoms with Crippen LogP contribution in [0.1, 0.15) is 46.1 Å². The molecule has 2 rings (SSSR count). The number of hydroxylamine groups is 2. The predicted molar refractivity (Wildman–Crippen MR) is 91.8 cm³/mol. The van der Waals surface area contributed by atoms with Crippen LogP contribution in [-0.4, -0.2) is 35.3 Å². The van der Waals surface area contributed by atoms with E-state index in [0.29, 0.717) is 12.8 Å². The minimum atomic E-state index is -0.549. The highest BCUT2D eigenvalue weighted by Gasteiger charge is 2.47. The van der Waals surface area contributed by atoms with E-state index in [1.54, 1.807) is 13.2 Å². The lowest BCUT2D eigenvalue weighted by Gasteiger charge is -2.49. The van der Waals surface area contributed by atoms with Gasteiger partial charge in [-0.05, 0) is 51.5 Å². The molecule has 1 radical (unpaired) electrons. The normalized spacial score (nSPS) is 20.9. The molecule has 0 aromatic heterocycles. The first-order valence-corrected chi connectivity index (χ1v) is 8.14. The molecule has 1 heterocycles. The third-order valence-electron chi connectivity index (χ3n) is 4.36. The van der Waals surface area contributed by atoms with Crippen LogP contribution in [0.2, 0.25) is 0 Å². The highest BCUT2D eigenvalue weighted by molar-refractivity contribution is 5.87. The summed E-state index contributed by atoms with van der Waals surface area (Å²) in [5.74, 6) is 0.380. The average molecular weight is 332 g/mol. The van der Waals surface area contributed by atoms with Crippen molar-refractivity contribution in [2.75, 3.05) is 7.11 Å². The number of piperidine rings is 1. The van der Waals surface area contributed by atoms with E-state index in [1.165, 1.54) is 6.08 Å². The first-order valence-electron chi connectivity index (χ1n) is 8.14. The lowest BCUT2D eigenvalue weighted by atomic mass is 9.80. The molecule has 1 saturated heterocycles. The molecule has 1 aromatic rings. The summed E-state index contributed by atoms with van der Waals surface area (Å²) in [6.07, 6.45) is 3.93. The third kappa shape index (κ3) is 4.36. The molecule has 0 N–H and O–H groups in total. The van der Waals surface area contributed by atoms with E-state index >= 15 is 0 Å². The molecule has 5 heteroatoms. The van der Waals surface area contributed by atoms with Crippen molar-refractivity contribution in [3.63, 3.8) is 0 Å². The maximum absolute atomic E-state index is 12.3. The summed E-state index contributed by atoms with van der Waals surface area (Å²) in [6.45, 7) is 7.54. The molecule has 5 nitrogen and oxygen atoms in total. The first-order chi connectivity index (χ1) is 11.1. The minimum Gasteiger partial charge on any atom is -0.497 e. The fourth-order valence-electron chi connectivity index (χ4n) is 3.34. The molecule has 0 unspecified atom stereocenters. The molecular weight excluding hydrogens is 306 g/mol. The van der Waals surface area contributed by atoms with E-state index in [0.717, 1.165) is 16.4 Å². The fraction of sp³-hybridized carbons (Fsp3) is 0.526. The summed E-state index contributed by atoms with van der Waals surface area (Å²) in [7, 11) is 1.61. The highest BCUT2D eigenvalue weighted by Crippen LogP contribution is 2.38. The molecular formula is C19H26NO4. The predicted octanol–water partition coefficient (Wildman–Crippen LogP) is 3.62. The molecule has 1 aliphatic rings. The quantitative estimate of drug-likeness (QED) is 0.624. The van der Waals surface area contributed by atoms with Gasteiger partial charge in [0.05, 0.1) is 7.11 Å². The number of carbonyl (C=O) groups is 1. The Balaban J connectivity index is 1.97. The van der Waals surface area contributed by atoms with E-state index in [2.05, 4.69) is 0 Å². The molecule has 1 aliphatic heterocycles. The van der Waals surface area contributed by atoms with Crippen molar-refractivity contribution in [3.8, 4) is 5.75 Å². The molecule has 0 spiro atoms. The second kappa shape index (κ2) is 6.95. The van der Waals surface area contributed by atoms with Gasteiger partial charge in [0.15, 0.2) is 0 Å². The second-order valence-electron chi connectivity index (χ2n) is 7.49. The van der Waals surface area contributed by atoms with Crippen LogP contribution in [-0.2, 0) is 14.7 Å². The summed E-state index contributed by atoms with van der Waals surface area (Å²) in [6, 6.07) is 7.40. The van der Waals surface area contributed by atoms with Crippen LogP contribution in [0.25, 0.3) is 6.08 Å². The van der Waals surface area contributed by atoms with Gasteiger partial charge in [0.2, 0.25) is 0 Å². The van der Waals surface area contributed by atoms with Crippen LogP contribution < -0.4 is 4.74 Å². The van der Waals surface area contributed by atoms with Crippen molar-refractivity contribution >= 4 is 12.0 Å². The lowest BCUT2D eigenvalue weighted by molar-refractivity contribution is -0.299. The Bertz CT molecular complexity index is 586. The number of carbonyl (C=O) groups excluding carboxylic acids is 1. The topological polar surface area (TPSA) is 58.7 Å². The van der Waals surface area contributed by atoms with Gasteiger partial charge >= 0.3 is 5.97 Å². The minimum absolute atomic E-state index is 0.256. The Labute approximate surface area is 143 Å². The van der Waals surface area contributed by atoms with Crippen molar-refractivity contribution in [1.29, 1.82) is 0 Å². The number of esters is 1. The van der Waals surface area contributed by atoms with Gasteiger partial charge in [-0.1, -0.05) is 12.1 Å². The van der Waals surface area contributed by atoms with E-state index in [1.807, 2.05) is 52.0 Å². The zero-order valence-corrected chi connectivity index (χ0v) is 15.0. The van der Waals surface area contributed by atoms with Crippen LogP contribution in [0, 0.1) is 0 Å². The van der Waals surface area contributed by atoms with E-state index < -0.39 is 11.1 Å². The van der Waals surface area contributed by atoms with Gasteiger partial charge in [-0.2, -0.15) is 0 Å². The number of benzene rings is 1. The van der Waals surface area contributed by atoms with E-state index in [4.69, 9.17) is 9.47 Å². The monoisotopic (exact) mass is 332 g/mol. The molecule has 0 amide bonds. The standard InChI is InChI=1S/C19H26NO4/c1-18(2)12-16(13-19(3,4)20(18)22)24-17(21)11-8-14-6-9-15(23-5)10-7-14/h6-11,16H,12-13H2,1-5H3/b11-8+. The number of rotatable bonds is 4. The van der Waals surface area contributed by atoms with Crippen molar-refractivity contribution in [2.24, 2.45) is 0 Å². The van der Waals surface area contributed by atoms with Crippen LogP contribution in [0.4, 0.5) is 0 Å². The first kappa shape index (κ1) is 18.5. The summed E-state index contributed by atoms with van der Waals surface area (Å²) in [5.41, 5.74) is -0.207. The van der Waals surface area contributed by atoms with Crippen molar-refractivity contribution in [2.45, 2.75) is 57.7 Å². The van der Waals surface area contributed by atoms with Gasteiger partial charge in [0.1, 0.15) is 11.9 Å². The molecule has 0 bridgehead atoms. The van der Waals surface area contributed by atoms with Crippen LogP contribution >= 0.6 is 0 Å². The fourth-order valence-corrected chi connectivity index (χ4v) is 3.34. The van der Waals surface area contributed by atoms with Gasteiger partial charge < -0.3 is 9.47 Å². The van der Waals surface area contributed by atoms with E-state index in [9.17, 15) is 10.0 Å². The molecule has 0 saturated carbocycles. The zero-order chi connectivity index (χ0) is 18.0. The molecule has 24 heavy (non-hydrogen) atoms. The molecule has 1 fully saturated rings. The Hall–Kier alpha value is -1.85. The van der Waals surface area contributed by atoms with Gasteiger partial charge in [-0.15, -0.1) is 10.3 Å². The maximum Gasteiger partial charge on any atom is 0.331 e. The van der Waals surface area contributed by atoms with Crippen molar-refractivity contribution in [1.82, 2.24) is 5.06 Å². The third-order valence-corrected chi connectivity index (χ3v) is 4.36. The maximum atomic E-state index is 12.3. The van der Waals surface area contributed by atoms with Gasteiger partial charge in [0, 0.05) is 30.0 Å². The lowest BCUT2D eigenvalue weighted by Crippen LogP contribution is -2.60. The molecule has 0 aliphatic carbocycles. The zero-order valence-electron chi connectivity index (χ0n) is 15.0. The second-order valence-corrected chi connectivity index (χ2v) is 7.49. The van der Waals surface area contributed by atoms with Crippen LogP contribution in [0.15, 0.2) is 30.3 Å². The molecule has 1 aromatic carbocycles. The van der Waals surface area contributed by atoms with Gasteiger partial charge in [0.25, 0.3) is 0 Å². The number of methoxy groups -OCH3 is 1. The SMILES string of the molecule is COc1ccc(/C=C/C(=O)OC2CC(C)(C)N([O])C(C)(C)C2)cc1. The smallest absolute Gasteiger partial charge is 0.331 e. The van der Waals surface area contributed by atoms with Crippen molar-refractivity contribution in [3.05, 3.63) is 35.9 Å². The highest BCUT2D eigenvalue weighted by atomic mass is 16.5. The largest absolute Gasteiger partial charge is 0.497 e. The van der Waals surface area contributed by atoms with E-state index in [-0.39, 0.29) is 12.1 Å². The molecule has 0 atom stereocenters. The number of hydrogen-bond acceptors (Lipinski definition) is 4. The molecule has 131 valence electrons. The van der Waals surface area contributed by atoms with Crippen LogP contribution in [0.5, 0.6) is 5.75 Å². The Morgan fingerprint density at radius 2 is 1.67 bits per heavy atom.